The molecule has 0 atom stereocenters. The lowest BCUT2D eigenvalue weighted by atomic mass is 9.82. The molecule has 3 N–H and O–H groups in total. The molecule has 1 fully saturated rings. The Balaban J connectivity index is 0.00000105. The number of ether oxygens (including phenoxy) is 1. The van der Waals surface area contributed by atoms with Crippen LogP contribution in [0.2, 0.25) is 0 Å². The van der Waals surface area contributed by atoms with Crippen LogP contribution in [-0.4, -0.2) is 69.7 Å². The van der Waals surface area contributed by atoms with Gasteiger partial charge >= 0.3 is 6.09 Å². The van der Waals surface area contributed by atoms with E-state index in [0.29, 0.717) is 32.7 Å². The number of nitrogens with one attached hydrogen (secondary N) is 1. The van der Waals surface area contributed by atoms with Crippen LogP contribution in [0.5, 0.6) is 0 Å². The van der Waals surface area contributed by atoms with E-state index in [-0.39, 0.29) is 25.3 Å². The van der Waals surface area contributed by atoms with Crippen LogP contribution in [0.1, 0.15) is 59.8 Å². The van der Waals surface area contributed by atoms with Crippen LogP contribution >= 0.6 is 12.3 Å². The zero-order valence-electron chi connectivity index (χ0n) is 25.2. The molecule has 0 aromatic heterocycles. The monoisotopic (exact) mass is 526 g/mol. The second-order valence-electron chi connectivity index (χ2n) is 8.97. The van der Waals surface area contributed by atoms with E-state index >= 15 is 0 Å². The lowest BCUT2D eigenvalue weighted by molar-refractivity contribution is -0.144. The van der Waals surface area contributed by atoms with E-state index in [0.717, 1.165) is 19.3 Å². The Morgan fingerprint density at radius 3 is 2.33 bits per heavy atom. The first kappa shape index (κ1) is 25.1. The van der Waals surface area contributed by atoms with Crippen molar-refractivity contribution >= 4 is 24.3 Å². The minimum Gasteiger partial charge on any atom is -0.449 e. The van der Waals surface area contributed by atoms with E-state index in [1.165, 1.54) is 36.8 Å². The Bertz CT molecular complexity index is 976. The molecule has 4 rings (SSSR count). The molecule has 2 amide bonds. The average Bonchev–Trinajstić information content (AvgIpc) is 3.30. The number of unbranched alkanes of at least 4 members (excludes halogenated alkanes) is 2. The minimum absolute atomic E-state index is 0.0399. The maximum atomic E-state index is 12.2. The summed E-state index contributed by atoms with van der Waals surface area (Å²) >= 11 is 3.89. The number of amides is 2. The fourth-order valence-electron chi connectivity index (χ4n) is 4.62. The van der Waals surface area contributed by atoms with Gasteiger partial charge in [-0.25, -0.2) is 4.79 Å². The maximum Gasteiger partial charge on any atom is 0.407 e. The summed E-state index contributed by atoms with van der Waals surface area (Å²) in [4.78, 5) is 26.1. The zero-order chi connectivity index (χ0) is 30.0. The minimum atomic E-state index is -0.414. The molecule has 2 aromatic rings. The zero-order valence-corrected chi connectivity index (χ0v) is 21.9. The van der Waals surface area contributed by atoms with Gasteiger partial charge in [0.1, 0.15) is 7.78 Å². The first-order valence-electron chi connectivity index (χ1n) is 14.2. The molecule has 0 saturated carbocycles. The third-order valence-electron chi connectivity index (χ3n) is 6.42. The molecule has 1 aliphatic heterocycles. The van der Waals surface area contributed by atoms with Crippen molar-refractivity contribution < 1.29 is 27.3 Å². The highest BCUT2D eigenvalue weighted by Crippen LogP contribution is 2.44. The summed E-state index contributed by atoms with van der Waals surface area (Å²) in [7, 11) is 2.54. The van der Waals surface area contributed by atoms with Crippen molar-refractivity contribution in [2.75, 3.05) is 40.0 Å². The summed E-state index contributed by atoms with van der Waals surface area (Å²) in [6.07, 6.45) is 2.43. The Morgan fingerprint density at radius 2 is 1.78 bits per heavy atom. The van der Waals surface area contributed by atoms with Crippen LogP contribution in [-0.2, 0) is 9.53 Å². The highest BCUT2D eigenvalue weighted by molar-refractivity contribution is 5.85. The fraction of sp³-hybridized carbons (Fsp3) is 0.500. The lowest BCUT2D eigenvalue weighted by Gasteiger charge is -2.47. The van der Waals surface area contributed by atoms with E-state index in [9.17, 15) is 14.7 Å². The summed E-state index contributed by atoms with van der Waals surface area (Å²) < 4.78 is 29.7. The summed E-state index contributed by atoms with van der Waals surface area (Å²) in [5, 5.41) is 15.6. The number of aliphatic hydroxyl groups excluding tert-OH is 2. The molecule has 1 saturated heterocycles. The summed E-state index contributed by atoms with van der Waals surface area (Å²) in [6.45, 7) is 1.89. The van der Waals surface area contributed by atoms with Gasteiger partial charge in [-0.15, -0.1) is 12.3 Å². The summed E-state index contributed by atoms with van der Waals surface area (Å²) in [5.74, 6) is 0.132. The first-order valence-corrected chi connectivity index (χ1v) is 11.7. The molecule has 36 heavy (non-hydrogen) atoms. The van der Waals surface area contributed by atoms with Crippen molar-refractivity contribution in [2.24, 2.45) is 5.41 Å². The number of fused-ring (bicyclic) bond motifs is 3. The molecule has 200 valence electrons. The van der Waals surface area contributed by atoms with Crippen LogP contribution in [0.3, 0.4) is 0 Å². The Hall–Kier alpha value is -2.61. The van der Waals surface area contributed by atoms with Crippen molar-refractivity contribution in [1.29, 1.82) is 2.60 Å². The summed E-state index contributed by atoms with van der Waals surface area (Å²) in [6, 6.07) is 16.5. The van der Waals surface area contributed by atoms with Gasteiger partial charge in [0.15, 0.2) is 0 Å². The predicted molar refractivity (Wildman–Crippen MR) is 145 cm³/mol. The number of benzene rings is 2. The van der Waals surface area contributed by atoms with E-state index in [1.807, 2.05) is 24.3 Å². The van der Waals surface area contributed by atoms with Gasteiger partial charge in [-0.2, -0.15) is 0 Å². The van der Waals surface area contributed by atoms with E-state index in [2.05, 4.69) is 47.0 Å². The van der Waals surface area contributed by atoms with Gasteiger partial charge in [0, 0.05) is 47.2 Å². The van der Waals surface area contributed by atoms with Gasteiger partial charge in [0.25, 0.3) is 0 Å². The third kappa shape index (κ3) is 7.45. The number of nitrogens with zero attached hydrogens (tertiary/aromatic N) is 1. The first-order chi connectivity index (χ1) is 19.5. The molecule has 0 bridgehead atoms. The van der Waals surface area contributed by atoms with Gasteiger partial charge < -0.3 is 25.2 Å². The molecule has 0 radical (unpaired) electrons. The Labute approximate surface area is 226 Å². The predicted octanol–water partition coefficient (Wildman–Crippen LogP) is 4.59. The van der Waals surface area contributed by atoms with Crippen molar-refractivity contribution in [3.63, 3.8) is 0 Å². The van der Waals surface area contributed by atoms with Gasteiger partial charge in [-0.1, -0.05) is 69.3 Å². The number of hydrogen-bond acceptors (Lipinski definition) is 5. The van der Waals surface area contributed by atoms with E-state index in [1.54, 1.807) is 4.90 Å². The number of rotatable bonds is 9. The molecular formula is C28H41ClN2O5. The highest BCUT2D eigenvalue weighted by Gasteiger charge is 2.40. The number of carbonyl (C=O) groups excluding carboxylic acids is 2. The molecule has 1 heterocycles. The standard InChI is InChI=1S/C26H32N2O4.CH4O.CH4.ClH/c1-26(18-29)16-28(17-26)24(30)13-3-2-8-14-27-25(31)32-15-23-21-11-6-4-9-19(21)20-10-5-7-12-22(20)23;1-2;;/h4-7,9-12,23,29H,2-3,8,13-18H2,1H3,(H,27,31);2H,1H3;1H4;1H/i1D;2T;1D;/hT. The second kappa shape index (κ2) is 14.8. The van der Waals surface area contributed by atoms with Crippen LogP contribution in [0.15, 0.2) is 48.5 Å². The SMILES string of the molecule is [2H]C.[2H]CC1(CO)CN(C(=O)CCCCCNC(=O)OCC2c3ccccc3-c3ccccc32)C1.[3H]Cl.[3H]OC. The van der Waals surface area contributed by atoms with Crippen molar-refractivity contribution in [3.05, 3.63) is 59.7 Å². The molecule has 2 aliphatic rings. The maximum absolute atomic E-state index is 12.2. The normalized spacial score (nSPS) is 15.6. The smallest absolute Gasteiger partial charge is 0.407 e. The lowest BCUT2D eigenvalue weighted by Crippen LogP contribution is -2.58. The summed E-state index contributed by atoms with van der Waals surface area (Å²) in [5.41, 5.74) is 4.38. The van der Waals surface area contributed by atoms with Crippen LogP contribution in [0, 0.1) is 5.41 Å². The topological polar surface area (TPSA) is 99.1 Å². The molecule has 2 aromatic carbocycles. The van der Waals surface area contributed by atoms with Crippen LogP contribution < -0.4 is 5.32 Å². The quantitative estimate of drug-likeness (QED) is 0.415. The van der Waals surface area contributed by atoms with Gasteiger partial charge in [0.2, 0.25) is 7.34 Å². The number of aliphatic hydroxyl groups is 2. The molecule has 7 nitrogen and oxygen atoms in total. The number of hydrogen-bond donors (Lipinski definition) is 3. The molecule has 8 heteroatoms. The van der Waals surface area contributed by atoms with E-state index < -0.39 is 11.5 Å². The van der Waals surface area contributed by atoms with Gasteiger partial charge in [0.05, 0.1) is 6.61 Å². The van der Waals surface area contributed by atoms with Gasteiger partial charge in [-0.3, -0.25) is 4.79 Å². The Morgan fingerprint density at radius 1 is 1.19 bits per heavy atom. The number of halogens is 1. The molecule has 0 spiro atoms. The van der Waals surface area contributed by atoms with Crippen molar-refractivity contribution in [3.8, 4) is 11.1 Å². The molecular weight excluding hydrogens is 480 g/mol. The third-order valence-corrected chi connectivity index (χ3v) is 6.42. The van der Waals surface area contributed by atoms with Crippen molar-refractivity contribution in [1.82, 2.24) is 10.2 Å². The van der Waals surface area contributed by atoms with Crippen molar-refractivity contribution in [2.45, 2.75) is 45.9 Å². The second-order valence-corrected chi connectivity index (χ2v) is 8.97. The number of carbonyl (C=O) groups is 2. The molecule has 1 aliphatic carbocycles. The van der Waals surface area contributed by atoms with Gasteiger partial charge in [-0.05, 0) is 35.1 Å². The highest BCUT2D eigenvalue weighted by atomic mass is 35.5. The number of likely N-dealkylation sites (tertiary alicyclic amines) is 1. The van der Waals surface area contributed by atoms with Crippen LogP contribution in [0.4, 0.5) is 4.79 Å². The van der Waals surface area contributed by atoms with Crippen LogP contribution in [0.25, 0.3) is 11.1 Å². The van der Waals surface area contributed by atoms with E-state index in [4.69, 9.17) is 10.1 Å². The fourth-order valence-corrected chi connectivity index (χ4v) is 4.62. The number of alkyl carbamates (subject to hydrolysis) is 1. The average molecular weight is 527 g/mol. The molecule has 0 unspecified atom stereocenters. The largest absolute Gasteiger partial charge is 0.449 e. The Kier molecular flexibility index (Phi) is 10.3.